The van der Waals surface area contributed by atoms with Crippen LogP contribution < -0.4 is 10.1 Å². The third-order valence-electron chi connectivity index (χ3n) is 4.15. The number of hydrogen-bond donors (Lipinski definition) is 1. The lowest BCUT2D eigenvalue weighted by Gasteiger charge is -2.12. The van der Waals surface area contributed by atoms with E-state index in [1.807, 2.05) is 6.92 Å². The Hall–Kier alpha value is -3.41. The Morgan fingerprint density at radius 1 is 1.23 bits per heavy atom. The van der Waals surface area contributed by atoms with E-state index in [1.54, 1.807) is 24.3 Å². The molecule has 1 amide bonds. The summed E-state index contributed by atoms with van der Waals surface area (Å²) < 4.78 is 46.8. The maximum absolute atomic E-state index is 12.6. The number of benzene rings is 2. The minimum absolute atomic E-state index is 0.0429. The highest BCUT2D eigenvalue weighted by molar-refractivity contribution is 9.10. The van der Waals surface area contributed by atoms with Crippen LogP contribution in [0.5, 0.6) is 5.75 Å². The second-order valence-electron chi connectivity index (χ2n) is 6.31. The molecule has 0 radical (unpaired) electrons. The molecule has 12 heteroatoms. The number of aromatic nitrogens is 4. The quantitative estimate of drug-likeness (QED) is 0.417. The van der Waals surface area contributed by atoms with Crippen molar-refractivity contribution in [3.63, 3.8) is 0 Å². The summed E-state index contributed by atoms with van der Waals surface area (Å²) in [5, 5.41) is 15.4. The minimum atomic E-state index is -4.81. The van der Waals surface area contributed by atoms with E-state index < -0.39 is 18.0 Å². The average molecular weight is 496 g/mol. The Morgan fingerprint density at radius 2 is 2.03 bits per heavy atom. The van der Waals surface area contributed by atoms with E-state index in [-0.39, 0.29) is 10.2 Å². The van der Waals surface area contributed by atoms with Crippen molar-refractivity contribution in [3.05, 3.63) is 52.5 Å². The predicted molar refractivity (Wildman–Crippen MR) is 107 cm³/mol. The third kappa shape index (κ3) is 4.68. The Labute approximate surface area is 181 Å². The number of nitrogens with one attached hydrogen (secondary N) is 1. The number of carbonyl (C=O) groups excluding carboxylic acids is 1. The molecule has 0 aliphatic heterocycles. The number of tetrazole rings is 1. The molecule has 0 saturated heterocycles. The van der Waals surface area contributed by atoms with Gasteiger partial charge in [0.2, 0.25) is 5.82 Å². The largest absolute Gasteiger partial charge is 0.573 e. The maximum Gasteiger partial charge on any atom is 0.573 e. The standard InChI is InChI=1S/C19H13BrF3N5O3/c1-2-28-26-17(25-27-28)16-7-10-3-4-11(8-15(10)30-16)18(29)24-12-5-6-14(13(20)9-12)31-19(21,22)23/h3-9H,2H2,1H3,(H,24,29). The summed E-state index contributed by atoms with van der Waals surface area (Å²) in [4.78, 5) is 14.0. The molecule has 4 rings (SSSR count). The van der Waals surface area contributed by atoms with Crippen LogP contribution in [0.25, 0.3) is 22.6 Å². The van der Waals surface area contributed by atoms with Gasteiger partial charge in [-0.3, -0.25) is 4.79 Å². The van der Waals surface area contributed by atoms with Gasteiger partial charge in [0, 0.05) is 16.6 Å². The molecule has 8 nitrogen and oxygen atoms in total. The summed E-state index contributed by atoms with van der Waals surface area (Å²) in [6.07, 6.45) is -4.81. The summed E-state index contributed by atoms with van der Waals surface area (Å²) in [6, 6.07) is 10.3. The predicted octanol–water partition coefficient (Wildman–Crippen LogP) is 5.02. The van der Waals surface area contributed by atoms with Gasteiger partial charge in [0.05, 0.1) is 11.0 Å². The van der Waals surface area contributed by atoms with Crippen LogP contribution >= 0.6 is 15.9 Å². The van der Waals surface area contributed by atoms with Crippen LogP contribution in [0.2, 0.25) is 0 Å². The molecule has 0 unspecified atom stereocenters. The minimum Gasteiger partial charge on any atom is -0.453 e. The molecule has 0 fully saturated rings. The number of carbonyl (C=O) groups is 1. The van der Waals surface area contributed by atoms with Crippen LogP contribution in [0, 0.1) is 0 Å². The topological polar surface area (TPSA) is 95.1 Å². The molecular weight excluding hydrogens is 483 g/mol. The molecule has 31 heavy (non-hydrogen) atoms. The first-order valence-electron chi connectivity index (χ1n) is 8.90. The Bertz CT molecular complexity index is 1270. The van der Waals surface area contributed by atoms with Crippen molar-refractivity contribution in [1.29, 1.82) is 0 Å². The van der Waals surface area contributed by atoms with E-state index in [2.05, 4.69) is 41.4 Å². The lowest BCUT2D eigenvalue weighted by Crippen LogP contribution is -2.17. The van der Waals surface area contributed by atoms with Crippen LogP contribution in [0.1, 0.15) is 17.3 Å². The first-order chi connectivity index (χ1) is 14.7. The van der Waals surface area contributed by atoms with Crippen molar-refractivity contribution in [3.8, 4) is 17.3 Å². The van der Waals surface area contributed by atoms with Crippen LogP contribution in [0.15, 0.2) is 51.4 Å². The first-order valence-corrected chi connectivity index (χ1v) is 9.69. The molecule has 4 aromatic rings. The number of amides is 1. The third-order valence-corrected chi connectivity index (χ3v) is 4.77. The monoisotopic (exact) mass is 495 g/mol. The van der Waals surface area contributed by atoms with Crippen molar-refractivity contribution in [2.45, 2.75) is 19.8 Å². The van der Waals surface area contributed by atoms with E-state index >= 15 is 0 Å². The van der Waals surface area contributed by atoms with Gasteiger partial charge in [-0.25, -0.2) is 0 Å². The zero-order chi connectivity index (χ0) is 22.2. The molecule has 0 aliphatic rings. The number of rotatable bonds is 5. The van der Waals surface area contributed by atoms with Crippen molar-refractivity contribution >= 4 is 38.5 Å². The lowest BCUT2D eigenvalue weighted by atomic mass is 10.1. The van der Waals surface area contributed by atoms with E-state index in [0.717, 1.165) is 11.5 Å². The summed E-state index contributed by atoms with van der Waals surface area (Å²) >= 11 is 3.00. The van der Waals surface area contributed by atoms with Crippen LogP contribution in [0.3, 0.4) is 0 Å². The van der Waals surface area contributed by atoms with Crippen LogP contribution in [-0.4, -0.2) is 32.5 Å². The lowest BCUT2D eigenvalue weighted by molar-refractivity contribution is -0.274. The molecule has 0 aliphatic carbocycles. The normalized spacial score (nSPS) is 11.6. The van der Waals surface area contributed by atoms with E-state index in [0.29, 0.717) is 29.3 Å². The van der Waals surface area contributed by atoms with Crippen LogP contribution in [-0.2, 0) is 6.54 Å². The van der Waals surface area contributed by atoms with Gasteiger partial charge >= 0.3 is 6.36 Å². The molecular formula is C19H13BrF3N5O3. The molecule has 2 aromatic carbocycles. The Kier molecular flexibility index (Phi) is 5.39. The zero-order valence-electron chi connectivity index (χ0n) is 15.8. The van der Waals surface area contributed by atoms with Crippen molar-refractivity contribution in [2.24, 2.45) is 0 Å². The molecule has 2 aromatic heterocycles. The van der Waals surface area contributed by atoms with Gasteiger partial charge in [0.1, 0.15) is 11.3 Å². The number of hydrogen-bond acceptors (Lipinski definition) is 6. The highest BCUT2D eigenvalue weighted by Crippen LogP contribution is 2.33. The van der Waals surface area contributed by atoms with E-state index in [1.165, 1.54) is 16.9 Å². The summed E-state index contributed by atoms with van der Waals surface area (Å²) in [7, 11) is 0. The molecule has 0 bridgehead atoms. The first kappa shape index (κ1) is 20.8. The second kappa shape index (κ2) is 8.02. The summed E-state index contributed by atoms with van der Waals surface area (Å²) in [5.41, 5.74) is 1.03. The van der Waals surface area contributed by atoms with Gasteiger partial charge in [-0.1, -0.05) is 6.07 Å². The fourth-order valence-corrected chi connectivity index (χ4v) is 3.21. The highest BCUT2D eigenvalue weighted by Gasteiger charge is 2.32. The number of anilines is 1. The van der Waals surface area contributed by atoms with Crippen LogP contribution in [0.4, 0.5) is 18.9 Å². The molecule has 0 atom stereocenters. The van der Waals surface area contributed by atoms with Gasteiger partial charge < -0.3 is 14.5 Å². The molecule has 160 valence electrons. The van der Waals surface area contributed by atoms with Gasteiger partial charge in [-0.05, 0) is 64.5 Å². The number of aryl methyl sites for hydroxylation is 1. The fraction of sp³-hybridized carbons (Fsp3) is 0.158. The zero-order valence-corrected chi connectivity index (χ0v) is 17.4. The highest BCUT2D eigenvalue weighted by atomic mass is 79.9. The number of halogens is 4. The number of furan rings is 1. The van der Waals surface area contributed by atoms with Crippen molar-refractivity contribution in [1.82, 2.24) is 20.2 Å². The Balaban J connectivity index is 1.53. The molecule has 1 N–H and O–H groups in total. The van der Waals surface area contributed by atoms with Gasteiger partial charge in [0.25, 0.3) is 5.91 Å². The molecule has 0 spiro atoms. The second-order valence-corrected chi connectivity index (χ2v) is 7.17. The van der Waals surface area contributed by atoms with E-state index in [4.69, 9.17) is 4.42 Å². The Morgan fingerprint density at radius 3 is 2.71 bits per heavy atom. The summed E-state index contributed by atoms with van der Waals surface area (Å²) in [6.45, 7) is 2.45. The molecule has 0 saturated carbocycles. The number of fused-ring (bicyclic) bond motifs is 1. The van der Waals surface area contributed by atoms with Crippen molar-refractivity contribution < 1.29 is 27.1 Å². The van der Waals surface area contributed by atoms with Gasteiger partial charge in [0.15, 0.2) is 5.76 Å². The number of nitrogens with zero attached hydrogens (tertiary/aromatic N) is 4. The number of alkyl halides is 3. The average Bonchev–Trinajstić information content (AvgIpc) is 3.35. The smallest absolute Gasteiger partial charge is 0.453 e. The van der Waals surface area contributed by atoms with Gasteiger partial charge in [-0.2, -0.15) is 4.80 Å². The summed E-state index contributed by atoms with van der Waals surface area (Å²) in [5.74, 6) is -0.138. The fourth-order valence-electron chi connectivity index (χ4n) is 2.75. The number of ether oxygens (including phenoxy) is 1. The van der Waals surface area contributed by atoms with Gasteiger partial charge in [-0.15, -0.1) is 23.4 Å². The maximum atomic E-state index is 12.6. The molecule has 2 heterocycles. The van der Waals surface area contributed by atoms with E-state index in [9.17, 15) is 18.0 Å². The van der Waals surface area contributed by atoms with Crippen molar-refractivity contribution in [2.75, 3.05) is 5.32 Å². The SMILES string of the molecule is CCn1nnc(-c2cc3ccc(C(=O)Nc4ccc(OC(F)(F)F)c(Br)c4)cc3o2)n1.